The summed E-state index contributed by atoms with van der Waals surface area (Å²) in [5.74, 6) is 0. The molecule has 0 heterocycles. The first kappa shape index (κ1) is 15.7. The molecule has 0 bridgehead atoms. The number of hydrogen-bond donors (Lipinski definition) is 2. The molecule has 0 aliphatic rings. The predicted octanol–water partition coefficient (Wildman–Crippen LogP) is 3.56. The van der Waals surface area contributed by atoms with Crippen molar-refractivity contribution in [1.29, 1.82) is 0 Å². The van der Waals surface area contributed by atoms with Gasteiger partial charge in [0, 0.05) is 12.1 Å². The highest BCUT2D eigenvalue weighted by Crippen LogP contribution is 2.20. The van der Waals surface area contributed by atoms with Gasteiger partial charge in [-0.15, -0.1) is 0 Å². The van der Waals surface area contributed by atoms with Crippen molar-refractivity contribution in [3.63, 3.8) is 0 Å². The Bertz CT molecular complexity index is 565. The summed E-state index contributed by atoms with van der Waals surface area (Å²) in [6.07, 6.45) is 0.840. The minimum atomic E-state index is 0.0716. The fourth-order valence-corrected chi connectivity index (χ4v) is 2.74. The molecule has 0 aliphatic heterocycles. The number of aliphatic hydroxyl groups is 1. The van der Waals surface area contributed by atoms with Gasteiger partial charge >= 0.3 is 0 Å². The number of aliphatic hydroxyl groups excluding tert-OH is 1. The van der Waals surface area contributed by atoms with Crippen LogP contribution in [0.5, 0.6) is 0 Å². The number of hydrogen-bond acceptors (Lipinski definition) is 2. The lowest BCUT2D eigenvalue weighted by Crippen LogP contribution is -2.36. The molecule has 2 aromatic rings. The van der Waals surface area contributed by atoms with E-state index in [-0.39, 0.29) is 18.7 Å². The maximum atomic E-state index is 9.64. The van der Waals surface area contributed by atoms with Crippen molar-refractivity contribution in [3.05, 3.63) is 70.8 Å². The van der Waals surface area contributed by atoms with Crippen LogP contribution in [0.2, 0.25) is 0 Å². The van der Waals surface area contributed by atoms with Gasteiger partial charge < -0.3 is 10.4 Å². The van der Waals surface area contributed by atoms with Gasteiger partial charge in [0.2, 0.25) is 0 Å². The van der Waals surface area contributed by atoms with Gasteiger partial charge in [0.1, 0.15) is 0 Å². The summed E-state index contributed by atoms with van der Waals surface area (Å²) < 4.78 is 0. The van der Waals surface area contributed by atoms with Crippen molar-refractivity contribution in [2.75, 3.05) is 6.61 Å². The van der Waals surface area contributed by atoms with Crippen LogP contribution in [-0.4, -0.2) is 17.8 Å². The molecule has 0 radical (unpaired) electrons. The second-order valence-electron chi connectivity index (χ2n) is 5.82. The Morgan fingerprint density at radius 2 is 1.76 bits per heavy atom. The topological polar surface area (TPSA) is 32.3 Å². The fourth-order valence-electron chi connectivity index (χ4n) is 2.74. The third-order valence-electron chi connectivity index (χ3n) is 3.93. The summed E-state index contributed by atoms with van der Waals surface area (Å²) in [6.45, 7) is 6.56. The molecule has 0 spiro atoms. The van der Waals surface area contributed by atoms with Gasteiger partial charge in [-0.2, -0.15) is 0 Å². The van der Waals surface area contributed by atoms with E-state index in [1.54, 1.807) is 0 Å². The van der Waals surface area contributed by atoms with E-state index in [0.717, 1.165) is 6.42 Å². The van der Waals surface area contributed by atoms with Crippen LogP contribution in [0.15, 0.2) is 48.5 Å². The maximum Gasteiger partial charge on any atom is 0.0588 e. The highest BCUT2D eigenvalue weighted by Gasteiger charge is 2.14. The van der Waals surface area contributed by atoms with Gasteiger partial charge in [-0.05, 0) is 43.9 Å². The van der Waals surface area contributed by atoms with Gasteiger partial charge in [0.25, 0.3) is 0 Å². The zero-order valence-electron chi connectivity index (χ0n) is 13.1. The molecule has 0 aliphatic carbocycles. The Morgan fingerprint density at radius 1 is 1.05 bits per heavy atom. The summed E-state index contributed by atoms with van der Waals surface area (Å²) in [6, 6.07) is 17.1. The highest BCUT2D eigenvalue weighted by molar-refractivity contribution is 5.32. The van der Waals surface area contributed by atoms with Crippen LogP contribution in [-0.2, 0) is 6.42 Å². The molecule has 2 N–H and O–H groups in total. The summed E-state index contributed by atoms with van der Waals surface area (Å²) >= 11 is 0. The number of rotatable bonds is 6. The monoisotopic (exact) mass is 283 g/mol. The van der Waals surface area contributed by atoms with E-state index in [9.17, 15) is 5.11 Å². The lowest BCUT2D eigenvalue weighted by molar-refractivity contribution is 0.232. The second-order valence-corrected chi connectivity index (χ2v) is 5.82. The molecule has 0 saturated carbocycles. The summed E-state index contributed by atoms with van der Waals surface area (Å²) in [5.41, 5.74) is 5.11. The summed E-state index contributed by atoms with van der Waals surface area (Å²) in [5, 5.41) is 13.2. The molecule has 0 fully saturated rings. The van der Waals surface area contributed by atoms with Gasteiger partial charge in [0.05, 0.1) is 6.61 Å². The van der Waals surface area contributed by atoms with Crippen molar-refractivity contribution in [3.8, 4) is 0 Å². The van der Waals surface area contributed by atoms with E-state index < -0.39 is 0 Å². The largest absolute Gasteiger partial charge is 0.395 e. The average Bonchev–Trinajstić information content (AvgIpc) is 2.50. The number of benzene rings is 2. The molecule has 2 nitrogen and oxygen atoms in total. The zero-order chi connectivity index (χ0) is 15.2. The van der Waals surface area contributed by atoms with Crippen LogP contribution in [0.1, 0.15) is 35.2 Å². The standard InChI is InChI=1S/C19H25NO/c1-14-9-10-15(2)19(11-14)16(3)20-18(13-21)12-17-7-5-4-6-8-17/h4-11,16,18,20-21H,12-13H2,1-3H3. The van der Waals surface area contributed by atoms with Gasteiger partial charge in [-0.1, -0.05) is 54.1 Å². The van der Waals surface area contributed by atoms with Crippen molar-refractivity contribution < 1.29 is 5.11 Å². The molecule has 21 heavy (non-hydrogen) atoms. The first-order valence-corrected chi connectivity index (χ1v) is 7.58. The van der Waals surface area contributed by atoms with E-state index in [2.05, 4.69) is 56.4 Å². The molecule has 0 amide bonds. The van der Waals surface area contributed by atoms with Crippen molar-refractivity contribution in [1.82, 2.24) is 5.32 Å². The van der Waals surface area contributed by atoms with E-state index in [4.69, 9.17) is 0 Å². The molecule has 2 heteroatoms. The molecule has 2 rings (SSSR count). The lowest BCUT2D eigenvalue weighted by atomic mass is 9.98. The number of aryl methyl sites for hydroxylation is 2. The van der Waals surface area contributed by atoms with Crippen LogP contribution in [0.4, 0.5) is 0 Å². The maximum absolute atomic E-state index is 9.64. The second kappa shape index (κ2) is 7.39. The normalized spacial score (nSPS) is 13.9. The van der Waals surface area contributed by atoms with Crippen LogP contribution >= 0.6 is 0 Å². The van der Waals surface area contributed by atoms with Gasteiger partial charge in [-0.3, -0.25) is 0 Å². The lowest BCUT2D eigenvalue weighted by Gasteiger charge is -2.23. The van der Waals surface area contributed by atoms with Crippen LogP contribution in [0.25, 0.3) is 0 Å². The molecule has 0 saturated heterocycles. The molecular weight excluding hydrogens is 258 g/mol. The third kappa shape index (κ3) is 4.42. The van der Waals surface area contributed by atoms with E-state index in [1.807, 2.05) is 18.2 Å². The molecule has 0 aromatic heterocycles. The third-order valence-corrected chi connectivity index (χ3v) is 3.93. The van der Waals surface area contributed by atoms with Crippen molar-refractivity contribution >= 4 is 0 Å². The number of nitrogens with one attached hydrogen (secondary N) is 1. The molecule has 2 atom stereocenters. The quantitative estimate of drug-likeness (QED) is 0.849. The summed E-state index contributed by atoms with van der Waals surface area (Å²) in [4.78, 5) is 0. The van der Waals surface area contributed by atoms with Gasteiger partial charge in [-0.25, -0.2) is 0 Å². The SMILES string of the molecule is Cc1ccc(C)c(C(C)NC(CO)Cc2ccccc2)c1. The molecule has 2 unspecified atom stereocenters. The smallest absolute Gasteiger partial charge is 0.0588 e. The predicted molar refractivity (Wildman–Crippen MR) is 88.5 cm³/mol. The summed E-state index contributed by atoms with van der Waals surface area (Å²) in [7, 11) is 0. The van der Waals surface area contributed by atoms with Gasteiger partial charge in [0.15, 0.2) is 0 Å². The minimum Gasteiger partial charge on any atom is -0.395 e. The Hall–Kier alpha value is -1.64. The average molecular weight is 283 g/mol. The minimum absolute atomic E-state index is 0.0716. The Kier molecular flexibility index (Phi) is 5.54. The molecular formula is C19H25NO. The first-order valence-electron chi connectivity index (χ1n) is 7.58. The van der Waals surface area contributed by atoms with E-state index >= 15 is 0 Å². The zero-order valence-corrected chi connectivity index (χ0v) is 13.1. The van der Waals surface area contributed by atoms with E-state index in [0.29, 0.717) is 0 Å². The fraction of sp³-hybridized carbons (Fsp3) is 0.368. The molecule has 2 aromatic carbocycles. The van der Waals surface area contributed by atoms with Crippen LogP contribution in [0, 0.1) is 13.8 Å². The van der Waals surface area contributed by atoms with Crippen LogP contribution < -0.4 is 5.32 Å². The van der Waals surface area contributed by atoms with Crippen LogP contribution in [0.3, 0.4) is 0 Å². The molecule has 112 valence electrons. The first-order chi connectivity index (χ1) is 10.1. The Balaban J connectivity index is 2.05. The van der Waals surface area contributed by atoms with Crippen molar-refractivity contribution in [2.24, 2.45) is 0 Å². The Morgan fingerprint density at radius 3 is 2.43 bits per heavy atom. The van der Waals surface area contributed by atoms with E-state index in [1.165, 1.54) is 22.3 Å². The highest BCUT2D eigenvalue weighted by atomic mass is 16.3. The Labute approximate surface area is 127 Å². The van der Waals surface area contributed by atoms with Crippen molar-refractivity contribution in [2.45, 2.75) is 39.3 Å².